The van der Waals surface area contributed by atoms with E-state index in [4.69, 9.17) is 4.55 Å². The molecule has 3 nitrogen and oxygen atoms in total. The zero-order valence-electron chi connectivity index (χ0n) is 14.7. The lowest BCUT2D eigenvalue weighted by atomic mass is 10.1. The van der Waals surface area contributed by atoms with Crippen molar-refractivity contribution in [1.82, 2.24) is 0 Å². The minimum Gasteiger partial charge on any atom is -0.281 e. The van der Waals surface area contributed by atoms with Crippen LogP contribution in [0, 0.1) is 0 Å². The molecule has 0 atom stereocenters. The number of thioether (sulfide) groups is 1. The van der Waals surface area contributed by atoms with Gasteiger partial charge in [-0.1, -0.05) is 37.3 Å². The molecule has 29 heavy (non-hydrogen) atoms. The maximum atomic E-state index is 12.2. The predicted molar refractivity (Wildman–Crippen MR) is 90.2 cm³/mol. The number of hydrogen-bond donors (Lipinski definition) is 1. The molecule has 0 radical (unpaired) electrons. The summed E-state index contributed by atoms with van der Waals surface area (Å²) in [6.45, 7) is 2.23. The molecule has 14 heteroatoms. The molecule has 0 heterocycles. The van der Waals surface area contributed by atoms with Crippen LogP contribution in [0.2, 0.25) is 0 Å². The van der Waals surface area contributed by atoms with Crippen molar-refractivity contribution in [3.05, 3.63) is 35.9 Å². The minimum absolute atomic E-state index is 1.21. The first-order chi connectivity index (χ1) is 12.9. The zero-order valence-corrected chi connectivity index (χ0v) is 16.3. The van der Waals surface area contributed by atoms with Crippen molar-refractivity contribution in [3.63, 3.8) is 0 Å². The summed E-state index contributed by atoms with van der Waals surface area (Å²) in [6.07, 6.45) is -4.63. The maximum absolute atomic E-state index is 12.2. The number of alkyl halides is 9. The van der Waals surface area contributed by atoms with Crippen LogP contribution in [0.25, 0.3) is 0 Å². The molecule has 1 aromatic rings. The molecule has 0 saturated heterocycles. The van der Waals surface area contributed by atoms with Crippen LogP contribution in [-0.4, -0.2) is 47.8 Å². The smallest absolute Gasteiger partial charge is 0.281 e. The second-order valence-electron chi connectivity index (χ2n) is 5.49. The largest absolute Gasteiger partial charge is 0.460 e. The third-order valence-electron chi connectivity index (χ3n) is 3.17. The third kappa shape index (κ3) is 6.95. The molecular formula is C15H17F9O3S2. The normalized spacial score (nSPS) is 13.6. The van der Waals surface area contributed by atoms with E-state index < -0.39 is 33.4 Å². The van der Waals surface area contributed by atoms with Crippen molar-refractivity contribution in [2.24, 2.45) is 0 Å². The number of aryl methyl sites for hydroxylation is 1. The highest BCUT2D eigenvalue weighted by Gasteiger charge is 2.85. The fourth-order valence-corrected chi connectivity index (χ4v) is 2.93. The van der Waals surface area contributed by atoms with E-state index >= 15 is 0 Å². The summed E-state index contributed by atoms with van der Waals surface area (Å²) < 4.78 is 134. The van der Waals surface area contributed by atoms with Gasteiger partial charge < -0.3 is 0 Å². The van der Waals surface area contributed by atoms with Crippen LogP contribution in [-0.2, 0) is 16.5 Å². The second-order valence-corrected chi connectivity index (χ2v) is 8.17. The predicted octanol–water partition coefficient (Wildman–Crippen LogP) is 5.67. The molecule has 0 spiro atoms. The van der Waals surface area contributed by atoms with E-state index in [9.17, 15) is 47.9 Å². The van der Waals surface area contributed by atoms with E-state index in [0.29, 0.717) is 0 Å². The Bertz CT molecular complexity index is 720. The van der Waals surface area contributed by atoms with Gasteiger partial charge in [0.15, 0.2) is 0 Å². The first-order valence-corrected chi connectivity index (χ1v) is 10.3. The third-order valence-corrected chi connectivity index (χ3v) is 5.26. The fraction of sp³-hybridized carbons (Fsp3) is 0.600. The summed E-state index contributed by atoms with van der Waals surface area (Å²) >= 11 is 2.05. The van der Waals surface area contributed by atoms with Crippen LogP contribution in [0.15, 0.2) is 30.3 Å². The molecular weight excluding hydrogens is 463 g/mol. The summed E-state index contributed by atoms with van der Waals surface area (Å²) in [4.78, 5) is 0. The molecule has 0 aromatic heterocycles. The van der Waals surface area contributed by atoms with Crippen LogP contribution in [0.4, 0.5) is 39.5 Å². The molecule has 170 valence electrons. The number of rotatable bonds is 8. The van der Waals surface area contributed by atoms with Gasteiger partial charge in [0.05, 0.1) is 0 Å². The standard InChI is InChI=1S/C11H16S.C4HF9O3S/c1-2-9-12-10-8-11-6-4-3-5-7-11;5-1(6,3(9,10)11)2(7,8)4(12,13)17(14,15)16/h3-7H,2,8-10H2,1H3;(H,14,15,16). The number of halogens is 9. The highest BCUT2D eigenvalue weighted by atomic mass is 32.2. The average Bonchev–Trinajstić information content (AvgIpc) is 2.58. The monoisotopic (exact) mass is 480 g/mol. The van der Waals surface area contributed by atoms with Crippen molar-refractivity contribution >= 4 is 21.9 Å². The van der Waals surface area contributed by atoms with Gasteiger partial charge in [0.2, 0.25) is 0 Å². The van der Waals surface area contributed by atoms with E-state index in [1.54, 1.807) is 0 Å². The maximum Gasteiger partial charge on any atom is 0.460 e. The summed E-state index contributed by atoms with van der Waals surface area (Å²) in [5.74, 6) is -12.2. The Kier molecular flexibility index (Phi) is 9.84. The van der Waals surface area contributed by atoms with E-state index in [1.165, 1.54) is 29.9 Å². The quantitative estimate of drug-likeness (QED) is 0.296. The number of hydrogen-bond acceptors (Lipinski definition) is 3. The van der Waals surface area contributed by atoms with Gasteiger partial charge in [-0.2, -0.15) is 59.7 Å². The highest BCUT2D eigenvalue weighted by Crippen LogP contribution is 2.54. The van der Waals surface area contributed by atoms with Crippen molar-refractivity contribution < 1.29 is 52.5 Å². The molecule has 1 rings (SSSR count). The Morgan fingerprint density at radius 1 is 0.862 bits per heavy atom. The van der Waals surface area contributed by atoms with Crippen LogP contribution in [0.1, 0.15) is 18.9 Å². The van der Waals surface area contributed by atoms with E-state index in [-0.39, 0.29) is 0 Å². The van der Waals surface area contributed by atoms with Crippen molar-refractivity contribution in [3.8, 4) is 0 Å². The van der Waals surface area contributed by atoms with Gasteiger partial charge in [0.1, 0.15) is 0 Å². The molecule has 0 saturated carbocycles. The molecule has 1 aromatic carbocycles. The van der Waals surface area contributed by atoms with Crippen LogP contribution in [0.5, 0.6) is 0 Å². The Morgan fingerprint density at radius 2 is 1.34 bits per heavy atom. The highest BCUT2D eigenvalue weighted by molar-refractivity contribution is 7.99. The van der Waals surface area contributed by atoms with Gasteiger partial charge >= 0.3 is 33.4 Å². The van der Waals surface area contributed by atoms with Gasteiger partial charge in [-0.25, -0.2) is 0 Å². The minimum atomic E-state index is -7.37. The molecule has 0 fully saturated rings. The zero-order chi connectivity index (χ0) is 23.1. The summed E-state index contributed by atoms with van der Waals surface area (Å²) in [5, 5.41) is -7.00. The molecule has 1 N–H and O–H groups in total. The molecule has 0 amide bonds. The molecule has 0 bridgehead atoms. The molecule has 0 aliphatic heterocycles. The van der Waals surface area contributed by atoms with Gasteiger partial charge in [-0.3, -0.25) is 4.55 Å². The van der Waals surface area contributed by atoms with Gasteiger partial charge in [-0.15, -0.1) is 0 Å². The Balaban J connectivity index is 0.000000571. The van der Waals surface area contributed by atoms with Crippen molar-refractivity contribution in [1.29, 1.82) is 0 Å². The van der Waals surface area contributed by atoms with E-state index in [0.717, 1.165) is 0 Å². The van der Waals surface area contributed by atoms with Crippen LogP contribution in [0.3, 0.4) is 0 Å². The molecule has 0 unspecified atom stereocenters. The summed E-state index contributed by atoms with van der Waals surface area (Å²) in [7, 11) is -7.17. The topological polar surface area (TPSA) is 54.4 Å². The molecule has 0 aliphatic carbocycles. The Hall–Kier alpha value is -1.15. The SMILES string of the molecule is CCCSCCc1ccccc1.O=S(=O)(O)C(F)(F)C(F)(F)C(F)(F)C(F)(F)F. The Morgan fingerprint density at radius 3 is 1.72 bits per heavy atom. The first-order valence-electron chi connectivity index (χ1n) is 7.72. The van der Waals surface area contributed by atoms with Crippen LogP contribution < -0.4 is 0 Å². The second kappa shape index (κ2) is 10.2. The number of benzene rings is 1. The van der Waals surface area contributed by atoms with Crippen LogP contribution >= 0.6 is 11.8 Å². The molecule has 0 aliphatic rings. The van der Waals surface area contributed by atoms with Gasteiger partial charge in [0, 0.05) is 0 Å². The fourth-order valence-electron chi connectivity index (χ4n) is 1.60. The lowest BCUT2D eigenvalue weighted by molar-refractivity contribution is -0.382. The van der Waals surface area contributed by atoms with Crippen molar-refractivity contribution in [2.75, 3.05) is 11.5 Å². The van der Waals surface area contributed by atoms with E-state index in [1.807, 2.05) is 11.8 Å². The lowest BCUT2D eigenvalue weighted by Gasteiger charge is -2.31. The Labute approximate surface area is 165 Å². The average molecular weight is 480 g/mol. The lowest BCUT2D eigenvalue weighted by Crippen LogP contribution is -2.63. The first kappa shape index (κ1) is 27.8. The summed E-state index contributed by atoms with van der Waals surface area (Å²) in [6, 6.07) is 10.7. The van der Waals surface area contributed by atoms with E-state index in [2.05, 4.69) is 37.3 Å². The van der Waals surface area contributed by atoms with Gasteiger partial charge in [0.25, 0.3) is 0 Å². The van der Waals surface area contributed by atoms with Gasteiger partial charge in [-0.05, 0) is 29.9 Å². The van der Waals surface area contributed by atoms with Crippen molar-refractivity contribution in [2.45, 2.75) is 43.0 Å². The summed E-state index contributed by atoms with van der Waals surface area (Å²) in [5.41, 5.74) is 1.46.